The van der Waals surface area contributed by atoms with Crippen molar-refractivity contribution in [2.45, 2.75) is 23.1 Å². The van der Waals surface area contributed by atoms with Gasteiger partial charge in [-0.25, -0.2) is 13.6 Å². The molecule has 2 aromatic rings. The number of hydrogen-bond acceptors (Lipinski definition) is 5. The molecule has 27 heavy (non-hydrogen) atoms. The van der Waals surface area contributed by atoms with E-state index in [4.69, 9.17) is 9.88 Å². The van der Waals surface area contributed by atoms with Gasteiger partial charge >= 0.3 is 0 Å². The molecule has 1 aromatic heterocycles. The van der Waals surface area contributed by atoms with Gasteiger partial charge in [-0.2, -0.15) is 0 Å². The number of aliphatic imine (C=N–C) groups is 1. The molecule has 0 saturated carbocycles. The van der Waals surface area contributed by atoms with Crippen LogP contribution in [0, 0.1) is 0 Å². The van der Waals surface area contributed by atoms with E-state index in [2.05, 4.69) is 27.3 Å². The first kappa shape index (κ1) is 19.7. The molecule has 3 rings (SSSR count). The number of benzene rings is 1. The maximum Gasteiger partial charge on any atom is 0.247 e. The number of sulfonamides is 1. The van der Waals surface area contributed by atoms with E-state index in [1.807, 2.05) is 12.1 Å². The second-order valence-electron chi connectivity index (χ2n) is 6.37. The molecule has 0 amide bonds. The van der Waals surface area contributed by atoms with Crippen molar-refractivity contribution in [3.63, 3.8) is 0 Å². The Bertz CT molecular complexity index is 907. The smallest absolute Gasteiger partial charge is 0.247 e. The molecule has 7 nitrogen and oxygen atoms in total. The molecular formula is C18H24N4O3S2. The zero-order chi connectivity index (χ0) is 19.4. The summed E-state index contributed by atoms with van der Waals surface area (Å²) in [5.74, 6) is 2.13. The molecule has 1 aliphatic heterocycles. The van der Waals surface area contributed by atoms with Crippen LogP contribution in [-0.4, -0.2) is 46.5 Å². The predicted octanol–water partition coefficient (Wildman–Crippen LogP) is 1.97. The van der Waals surface area contributed by atoms with Crippen molar-refractivity contribution in [3.05, 3.63) is 46.8 Å². The number of rotatable bonds is 5. The topological polar surface area (TPSA) is 97.0 Å². The highest BCUT2D eigenvalue weighted by Gasteiger charge is 2.26. The highest BCUT2D eigenvalue weighted by molar-refractivity contribution is 7.91. The summed E-state index contributed by atoms with van der Waals surface area (Å²) in [6.45, 7) is 2.32. The lowest BCUT2D eigenvalue weighted by Crippen LogP contribution is -2.39. The zero-order valence-corrected chi connectivity index (χ0v) is 17.0. The fourth-order valence-corrected chi connectivity index (χ4v) is 4.92. The lowest BCUT2D eigenvalue weighted by atomic mass is 9.98. The van der Waals surface area contributed by atoms with E-state index in [1.54, 1.807) is 20.2 Å². The van der Waals surface area contributed by atoms with Gasteiger partial charge in [0.05, 0.1) is 13.7 Å². The SMILES string of the molecule is CN=C(NCc1ccc(S(N)(=O)=O)s1)N1CCC(c2ccc(OC)cc2)C1. The number of guanidine groups is 1. The summed E-state index contributed by atoms with van der Waals surface area (Å²) in [6, 6.07) is 11.5. The lowest BCUT2D eigenvalue weighted by Gasteiger charge is -2.21. The maximum absolute atomic E-state index is 11.4. The number of primary sulfonamides is 1. The Labute approximate surface area is 163 Å². The quantitative estimate of drug-likeness (QED) is 0.582. The molecule has 0 radical (unpaired) electrons. The molecular weight excluding hydrogens is 384 g/mol. The average molecular weight is 409 g/mol. The molecule has 9 heteroatoms. The second-order valence-corrected chi connectivity index (χ2v) is 9.33. The summed E-state index contributed by atoms with van der Waals surface area (Å²) in [7, 11) is -0.218. The van der Waals surface area contributed by atoms with Crippen LogP contribution in [-0.2, 0) is 16.6 Å². The standard InChI is InChI=1S/C18H24N4O3S2/c1-20-18(21-11-16-7-8-17(26-16)27(19,23)24)22-10-9-14(12-22)13-3-5-15(25-2)6-4-13/h3-8,14H,9-12H2,1-2H3,(H,20,21)(H2,19,23,24). The molecule has 1 aliphatic rings. The Morgan fingerprint density at radius 3 is 2.67 bits per heavy atom. The average Bonchev–Trinajstić information content (AvgIpc) is 3.32. The van der Waals surface area contributed by atoms with Crippen molar-refractivity contribution in [1.29, 1.82) is 0 Å². The minimum absolute atomic E-state index is 0.176. The normalized spacial score (nSPS) is 18.0. The summed E-state index contributed by atoms with van der Waals surface area (Å²) < 4.78 is 28.2. The number of thiophene rings is 1. The molecule has 0 spiro atoms. The van der Waals surface area contributed by atoms with Crippen LogP contribution in [0.15, 0.2) is 45.6 Å². The van der Waals surface area contributed by atoms with E-state index in [1.165, 1.54) is 23.0 Å². The van der Waals surface area contributed by atoms with Gasteiger partial charge in [0.1, 0.15) is 9.96 Å². The Kier molecular flexibility index (Phi) is 6.03. The second kappa shape index (κ2) is 8.28. The summed E-state index contributed by atoms with van der Waals surface area (Å²) >= 11 is 1.17. The first-order chi connectivity index (χ1) is 12.9. The minimum Gasteiger partial charge on any atom is -0.497 e. The van der Waals surface area contributed by atoms with Crippen LogP contribution < -0.4 is 15.2 Å². The number of likely N-dealkylation sites (tertiary alicyclic amines) is 1. The largest absolute Gasteiger partial charge is 0.497 e. The number of ether oxygens (including phenoxy) is 1. The van der Waals surface area contributed by atoms with Gasteiger partial charge < -0.3 is 15.0 Å². The molecule has 3 N–H and O–H groups in total. The van der Waals surface area contributed by atoms with Gasteiger partial charge in [0.25, 0.3) is 0 Å². The lowest BCUT2D eigenvalue weighted by molar-refractivity contribution is 0.414. The van der Waals surface area contributed by atoms with Crippen LogP contribution in [0.1, 0.15) is 22.8 Å². The van der Waals surface area contributed by atoms with Crippen LogP contribution in [0.5, 0.6) is 5.75 Å². The molecule has 0 bridgehead atoms. The molecule has 1 atom stereocenters. The molecule has 1 fully saturated rings. The fourth-order valence-electron chi connectivity index (χ4n) is 3.21. The third-order valence-electron chi connectivity index (χ3n) is 4.62. The molecule has 0 aliphatic carbocycles. The fraction of sp³-hybridized carbons (Fsp3) is 0.389. The zero-order valence-electron chi connectivity index (χ0n) is 15.4. The summed E-state index contributed by atoms with van der Waals surface area (Å²) in [4.78, 5) is 7.49. The van der Waals surface area contributed by atoms with Gasteiger partial charge in [0.15, 0.2) is 5.96 Å². The van der Waals surface area contributed by atoms with Gasteiger partial charge in [-0.3, -0.25) is 4.99 Å². The number of nitrogens with zero attached hydrogens (tertiary/aromatic N) is 2. The molecule has 146 valence electrons. The van der Waals surface area contributed by atoms with E-state index in [0.29, 0.717) is 12.5 Å². The van der Waals surface area contributed by atoms with Crippen LogP contribution in [0.4, 0.5) is 0 Å². The van der Waals surface area contributed by atoms with Crippen LogP contribution in [0.25, 0.3) is 0 Å². The van der Waals surface area contributed by atoms with Gasteiger partial charge in [-0.15, -0.1) is 11.3 Å². The Hall–Kier alpha value is -2.10. The predicted molar refractivity (Wildman–Crippen MR) is 108 cm³/mol. The summed E-state index contributed by atoms with van der Waals surface area (Å²) in [6.07, 6.45) is 1.06. The monoisotopic (exact) mass is 408 g/mol. The highest BCUT2D eigenvalue weighted by atomic mass is 32.2. The number of nitrogens with one attached hydrogen (secondary N) is 1. The summed E-state index contributed by atoms with van der Waals surface area (Å²) in [5, 5.41) is 8.48. The Morgan fingerprint density at radius 2 is 2.07 bits per heavy atom. The van der Waals surface area contributed by atoms with Gasteiger partial charge in [0.2, 0.25) is 10.0 Å². The third kappa shape index (κ3) is 4.79. The summed E-state index contributed by atoms with van der Waals surface area (Å²) in [5.41, 5.74) is 1.30. The Morgan fingerprint density at radius 1 is 1.33 bits per heavy atom. The van der Waals surface area contributed by atoms with E-state index in [-0.39, 0.29) is 4.21 Å². The first-order valence-electron chi connectivity index (χ1n) is 8.61. The van der Waals surface area contributed by atoms with Crippen LogP contribution in [0.2, 0.25) is 0 Å². The van der Waals surface area contributed by atoms with Crippen molar-refractivity contribution in [1.82, 2.24) is 10.2 Å². The van der Waals surface area contributed by atoms with Crippen molar-refractivity contribution < 1.29 is 13.2 Å². The Balaban J connectivity index is 1.59. The van der Waals surface area contributed by atoms with E-state index < -0.39 is 10.0 Å². The van der Waals surface area contributed by atoms with Crippen molar-refractivity contribution >= 4 is 27.3 Å². The van der Waals surface area contributed by atoms with E-state index in [0.717, 1.165) is 36.1 Å². The van der Waals surface area contributed by atoms with Gasteiger partial charge in [-0.1, -0.05) is 12.1 Å². The van der Waals surface area contributed by atoms with Crippen molar-refractivity contribution in [2.75, 3.05) is 27.2 Å². The van der Waals surface area contributed by atoms with E-state index >= 15 is 0 Å². The van der Waals surface area contributed by atoms with Crippen LogP contribution in [0.3, 0.4) is 0 Å². The van der Waals surface area contributed by atoms with Gasteiger partial charge in [0, 0.05) is 30.9 Å². The van der Waals surface area contributed by atoms with Crippen molar-refractivity contribution in [2.24, 2.45) is 10.1 Å². The number of hydrogen-bond donors (Lipinski definition) is 2. The molecule has 1 saturated heterocycles. The third-order valence-corrected chi connectivity index (χ3v) is 7.15. The van der Waals surface area contributed by atoms with Gasteiger partial charge in [-0.05, 0) is 36.2 Å². The first-order valence-corrected chi connectivity index (χ1v) is 11.0. The molecule has 1 unspecified atom stereocenters. The van der Waals surface area contributed by atoms with Crippen LogP contribution >= 0.6 is 11.3 Å². The van der Waals surface area contributed by atoms with Crippen molar-refractivity contribution in [3.8, 4) is 5.75 Å². The highest BCUT2D eigenvalue weighted by Crippen LogP contribution is 2.28. The molecule has 2 heterocycles. The number of methoxy groups -OCH3 is 1. The number of nitrogens with two attached hydrogens (primary N) is 1. The maximum atomic E-state index is 11.4. The minimum atomic E-state index is -3.64. The van der Waals surface area contributed by atoms with E-state index in [9.17, 15) is 8.42 Å². The molecule has 1 aromatic carbocycles.